The summed E-state index contributed by atoms with van der Waals surface area (Å²) in [6, 6.07) is 0.848. The van der Waals surface area contributed by atoms with E-state index in [1.54, 1.807) is 6.92 Å². The van der Waals surface area contributed by atoms with Gasteiger partial charge in [0, 0.05) is 28.9 Å². The average molecular weight is 281 g/mol. The van der Waals surface area contributed by atoms with Crippen LogP contribution in [0.5, 0.6) is 0 Å². The molecular formula is C10H14F3N3OS. The van der Waals surface area contributed by atoms with Crippen LogP contribution in [0.3, 0.4) is 0 Å². The van der Waals surface area contributed by atoms with Gasteiger partial charge < -0.3 is 11.1 Å². The Labute approximate surface area is 105 Å². The van der Waals surface area contributed by atoms with Crippen molar-refractivity contribution in [1.82, 2.24) is 4.98 Å². The number of anilines is 2. The Morgan fingerprint density at radius 3 is 2.67 bits per heavy atom. The van der Waals surface area contributed by atoms with Crippen molar-refractivity contribution in [2.75, 3.05) is 23.9 Å². The normalized spacial score (nSPS) is 15.2. The lowest BCUT2D eigenvalue weighted by Gasteiger charge is -2.14. The summed E-state index contributed by atoms with van der Waals surface area (Å²) in [4.78, 5) is 3.22. The first-order chi connectivity index (χ1) is 8.21. The predicted octanol–water partition coefficient (Wildman–Crippen LogP) is 1.86. The zero-order valence-corrected chi connectivity index (χ0v) is 10.7. The number of aromatic nitrogens is 1. The maximum absolute atomic E-state index is 12.4. The number of halogens is 3. The highest BCUT2D eigenvalue weighted by atomic mass is 32.2. The zero-order chi connectivity index (χ0) is 13.9. The highest BCUT2D eigenvalue weighted by Gasteiger charge is 2.32. The van der Waals surface area contributed by atoms with Gasteiger partial charge in [-0.2, -0.15) is 13.2 Å². The van der Waals surface area contributed by atoms with Crippen molar-refractivity contribution < 1.29 is 17.4 Å². The van der Waals surface area contributed by atoms with Crippen LogP contribution in [0.15, 0.2) is 12.3 Å². The van der Waals surface area contributed by atoms with Crippen LogP contribution in [0.25, 0.3) is 0 Å². The monoisotopic (exact) mass is 281 g/mol. The molecule has 2 unspecified atom stereocenters. The first-order valence-electron chi connectivity index (χ1n) is 5.10. The van der Waals surface area contributed by atoms with Gasteiger partial charge in [0.2, 0.25) is 0 Å². The highest BCUT2D eigenvalue weighted by Crippen LogP contribution is 2.30. The Morgan fingerprint density at radius 1 is 1.56 bits per heavy atom. The molecule has 0 spiro atoms. The molecule has 0 amide bonds. The van der Waals surface area contributed by atoms with Gasteiger partial charge in [0.15, 0.2) is 0 Å². The number of nitrogens with zero attached hydrogens (tertiary/aromatic N) is 1. The van der Waals surface area contributed by atoms with Crippen LogP contribution < -0.4 is 11.1 Å². The summed E-state index contributed by atoms with van der Waals surface area (Å²) < 4.78 is 48.5. The van der Waals surface area contributed by atoms with Gasteiger partial charge in [-0.15, -0.1) is 0 Å². The predicted molar refractivity (Wildman–Crippen MR) is 65.7 cm³/mol. The number of nitrogens with two attached hydrogens (primary N) is 1. The fourth-order valence-corrected chi connectivity index (χ4v) is 1.46. The summed E-state index contributed by atoms with van der Waals surface area (Å²) >= 11 is 0. The summed E-state index contributed by atoms with van der Waals surface area (Å²) in [5.41, 5.74) is 4.79. The lowest BCUT2D eigenvalue weighted by molar-refractivity contribution is -0.141. The Bertz CT molecular complexity index is 450. The van der Waals surface area contributed by atoms with Crippen LogP contribution >= 0.6 is 0 Å². The maximum atomic E-state index is 12.4. The Hall–Kier alpha value is -1.31. The first kappa shape index (κ1) is 14.7. The second-order valence-corrected chi connectivity index (χ2v) is 5.65. The second-order valence-electron chi connectivity index (χ2n) is 3.84. The van der Waals surface area contributed by atoms with Gasteiger partial charge in [-0.3, -0.25) is 4.21 Å². The topological polar surface area (TPSA) is 68.0 Å². The molecule has 18 heavy (non-hydrogen) atoms. The van der Waals surface area contributed by atoms with Crippen molar-refractivity contribution in [3.05, 3.63) is 18.0 Å². The quantitative estimate of drug-likeness (QED) is 0.884. The Balaban J connectivity index is 2.85. The summed E-state index contributed by atoms with van der Waals surface area (Å²) in [7, 11) is -1.05. The van der Waals surface area contributed by atoms with Crippen LogP contribution in [0.1, 0.15) is 12.6 Å². The number of nitrogens with one attached hydrogen (secondary N) is 1. The van der Waals surface area contributed by atoms with Crippen LogP contribution in [-0.2, 0) is 17.0 Å². The maximum Gasteiger partial charge on any atom is 0.433 e. The van der Waals surface area contributed by atoms with Crippen molar-refractivity contribution in [3.63, 3.8) is 0 Å². The van der Waals surface area contributed by atoms with Crippen molar-refractivity contribution in [3.8, 4) is 0 Å². The van der Waals surface area contributed by atoms with Crippen LogP contribution in [0.2, 0.25) is 0 Å². The molecule has 1 aromatic rings. The third kappa shape index (κ3) is 3.86. The fraction of sp³-hybridized carbons (Fsp3) is 0.500. The lowest BCUT2D eigenvalue weighted by Crippen LogP contribution is -2.21. The molecule has 3 N–H and O–H groups in total. The van der Waals surface area contributed by atoms with Crippen molar-refractivity contribution in [1.29, 1.82) is 0 Å². The molecular weight excluding hydrogens is 267 g/mol. The van der Waals surface area contributed by atoms with E-state index in [0.29, 0.717) is 0 Å². The molecule has 0 aromatic carbocycles. The number of hydrogen-bond donors (Lipinski definition) is 2. The van der Waals surface area contributed by atoms with E-state index in [0.717, 1.165) is 12.3 Å². The summed E-state index contributed by atoms with van der Waals surface area (Å²) in [5.74, 6) is 0. The van der Waals surface area contributed by atoms with E-state index in [1.807, 2.05) is 0 Å². The second kappa shape index (κ2) is 5.55. The van der Waals surface area contributed by atoms with Crippen molar-refractivity contribution in [2.24, 2.45) is 0 Å². The third-order valence-corrected chi connectivity index (χ3v) is 3.67. The lowest BCUT2D eigenvalue weighted by atomic mass is 10.2. The van der Waals surface area contributed by atoms with E-state index in [9.17, 15) is 17.4 Å². The van der Waals surface area contributed by atoms with Gasteiger partial charge in [0.1, 0.15) is 5.69 Å². The Morgan fingerprint density at radius 2 is 2.17 bits per heavy atom. The van der Waals surface area contributed by atoms with Gasteiger partial charge in [0.25, 0.3) is 0 Å². The van der Waals surface area contributed by atoms with E-state index in [-0.39, 0.29) is 23.2 Å². The van der Waals surface area contributed by atoms with Crippen molar-refractivity contribution in [2.45, 2.75) is 18.3 Å². The van der Waals surface area contributed by atoms with Crippen LogP contribution in [0, 0.1) is 0 Å². The minimum absolute atomic E-state index is 0.122. The Kier molecular flexibility index (Phi) is 4.55. The zero-order valence-electron chi connectivity index (χ0n) is 9.91. The van der Waals surface area contributed by atoms with E-state index in [1.165, 1.54) is 6.26 Å². The number of alkyl halides is 3. The van der Waals surface area contributed by atoms with E-state index in [4.69, 9.17) is 5.73 Å². The molecule has 0 fully saturated rings. The van der Waals surface area contributed by atoms with E-state index in [2.05, 4.69) is 10.3 Å². The molecule has 4 nitrogen and oxygen atoms in total. The molecule has 1 aromatic heterocycles. The standard InChI is InChI=1S/C10H14F3N3OS/c1-6(18(2)17)4-15-8-3-9(10(11,12)13)16-5-7(8)14/h3,5-6H,4,14H2,1-2H3,(H,15,16). The first-order valence-corrected chi connectivity index (χ1v) is 6.72. The molecule has 0 aliphatic rings. The summed E-state index contributed by atoms with van der Waals surface area (Å²) in [5, 5.41) is 2.56. The smallest absolute Gasteiger partial charge is 0.396 e. The largest absolute Gasteiger partial charge is 0.433 e. The van der Waals surface area contributed by atoms with Gasteiger partial charge in [0.05, 0.1) is 17.6 Å². The number of pyridine rings is 1. The molecule has 0 radical (unpaired) electrons. The third-order valence-electron chi connectivity index (χ3n) is 2.37. The molecule has 0 aliphatic carbocycles. The average Bonchev–Trinajstić information content (AvgIpc) is 2.25. The molecule has 0 bridgehead atoms. The molecule has 2 atom stereocenters. The molecule has 1 rings (SSSR count). The molecule has 0 saturated heterocycles. The molecule has 0 aliphatic heterocycles. The van der Waals surface area contributed by atoms with Gasteiger partial charge >= 0.3 is 6.18 Å². The van der Waals surface area contributed by atoms with Gasteiger partial charge in [-0.05, 0) is 13.0 Å². The van der Waals surface area contributed by atoms with E-state index < -0.39 is 22.7 Å². The van der Waals surface area contributed by atoms with Gasteiger partial charge in [-0.25, -0.2) is 4.98 Å². The number of hydrogen-bond acceptors (Lipinski definition) is 4. The molecule has 1 heterocycles. The minimum atomic E-state index is -4.51. The highest BCUT2D eigenvalue weighted by molar-refractivity contribution is 7.84. The van der Waals surface area contributed by atoms with E-state index >= 15 is 0 Å². The molecule has 102 valence electrons. The fourth-order valence-electron chi connectivity index (χ4n) is 1.15. The van der Waals surface area contributed by atoms with Crippen molar-refractivity contribution >= 4 is 22.2 Å². The SMILES string of the molecule is CC(CNc1cc(C(F)(F)F)ncc1N)S(C)=O. The summed E-state index contributed by atoms with van der Waals surface area (Å²) in [6.07, 6.45) is -2.02. The molecule has 8 heteroatoms. The number of rotatable bonds is 4. The minimum Gasteiger partial charge on any atom is -0.396 e. The number of nitrogen functional groups attached to an aromatic ring is 1. The molecule has 0 saturated carbocycles. The van der Waals surface area contributed by atoms with Crippen LogP contribution in [0.4, 0.5) is 24.5 Å². The van der Waals surface area contributed by atoms with Gasteiger partial charge in [-0.1, -0.05) is 0 Å². The summed E-state index contributed by atoms with van der Waals surface area (Å²) in [6.45, 7) is 2.00. The van der Waals surface area contributed by atoms with Crippen LogP contribution in [-0.4, -0.2) is 27.2 Å².